The van der Waals surface area contributed by atoms with Crippen molar-refractivity contribution in [2.45, 2.75) is 0 Å². The number of halogens is 1. The van der Waals surface area contributed by atoms with Gasteiger partial charge in [-0.25, -0.2) is 15.0 Å². The quantitative estimate of drug-likeness (QED) is 0.614. The second kappa shape index (κ2) is 4.11. The van der Waals surface area contributed by atoms with Crippen LogP contribution in [0.3, 0.4) is 0 Å². The Labute approximate surface area is 103 Å². The minimum Gasteiger partial charge on any atom is -0.236 e. The average Bonchev–Trinajstić information content (AvgIpc) is 2.40. The first-order chi connectivity index (χ1) is 8.34. The third-order valence-electron chi connectivity index (χ3n) is 2.46. The molecule has 0 aliphatic heterocycles. The first-order valence-corrected chi connectivity index (χ1v) is 5.56. The molecule has 0 saturated heterocycles. The molecule has 0 saturated carbocycles. The van der Waals surface area contributed by atoms with E-state index >= 15 is 0 Å². The summed E-state index contributed by atoms with van der Waals surface area (Å²) in [6.07, 6.45) is 1.69. The topological polar surface area (TPSA) is 38.7 Å². The fourth-order valence-corrected chi connectivity index (χ4v) is 1.87. The summed E-state index contributed by atoms with van der Waals surface area (Å²) in [4.78, 5) is 12.9. The van der Waals surface area contributed by atoms with Crippen molar-refractivity contribution in [1.29, 1.82) is 0 Å². The Morgan fingerprint density at radius 1 is 0.882 bits per heavy atom. The maximum absolute atomic E-state index is 6.12. The van der Waals surface area contributed by atoms with Crippen LogP contribution in [0.4, 0.5) is 0 Å². The molecule has 0 N–H and O–H groups in total. The van der Waals surface area contributed by atoms with Crippen molar-refractivity contribution in [1.82, 2.24) is 15.0 Å². The van der Waals surface area contributed by atoms with Gasteiger partial charge in [-0.15, -0.1) is 0 Å². The lowest BCUT2D eigenvalue weighted by Gasteiger charge is -2.03. The Balaban J connectivity index is 2.26. The molecule has 17 heavy (non-hydrogen) atoms. The lowest BCUT2D eigenvalue weighted by atomic mass is 10.2. The van der Waals surface area contributed by atoms with E-state index in [0.717, 1.165) is 10.9 Å². The van der Waals surface area contributed by atoms with E-state index in [1.807, 2.05) is 42.5 Å². The zero-order valence-electron chi connectivity index (χ0n) is 8.84. The minimum atomic E-state index is 0.432. The highest BCUT2D eigenvalue weighted by molar-refractivity contribution is 6.34. The number of hydrogen-bond acceptors (Lipinski definition) is 3. The zero-order valence-corrected chi connectivity index (χ0v) is 9.59. The van der Waals surface area contributed by atoms with E-state index in [9.17, 15) is 0 Å². The van der Waals surface area contributed by atoms with E-state index in [1.54, 1.807) is 6.20 Å². The largest absolute Gasteiger partial charge is 0.236 e. The van der Waals surface area contributed by atoms with Gasteiger partial charge in [0.2, 0.25) is 0 Å². The van der Waals surface area contributed by atoms with Crippen LogP contribution >= 0.6 is 11.6 Å². The van der Waals surface area contributed by atoms with E-state index in [0.29, 0.717) is 16.6 Å². The van der Waals surface area contributed by atoms with Crippen molar-refractivity contribution in [3.63, 3.8) is 0 Å². The highest BCUT2D eigenvalue weighted by Crippen LogP contribution is 2.22. The number of nitrogens with zero attached hydrogens (tertiary/aromatic N) is 3. The van der Waals surface area contributed by atoms with E-state index in [1.165, 1.54) is 0 Å². The zero-order chi connectivity index (χ0) is 11.7. The van der Waals surface area contributed by atoms with Crippen LogP contribution in [-0.2, 0) is 0 Å². The first kappa shape index (κ1) is 10.2. The molecule has 0 fully saturated rings. The molecule has 2 heterocycles. The fraction of sp³-hybridized carbons (Fsp3) is 0. The van der Waals surface area contributed by atoms with Gasteiger partial charge in [0.05, 0.1) is 5.39 Å². The molecule has 2 aromatic heterocycles. The fourth-order valence-electron chi connectivity index (χ4n) is 1.64. The standard InChI is InChI=1S/C13H8ClN3/c14-11-10-7-4-8-15-13(10)17-12(16-11)9-5-2-1-3-6-9/h1-8H. The Hall–Kier alpha value is -2.00. The smallest absolute Gasteiger partial charge is 0.164 e. The number of benzene rings is 1. The molecule has 3 aromatic rings. The predicted octanol–water partition coefficient (Wildman–Crippen LogP) is 3.35. The van der Waals surface area contributed by atoms with Crippen molar-refractivity contribution in [2.75, 3.05) is 0 Å². The number of rotatable bonds is 1. The number of hydrogen-bond donors (Lipinski definition) is 0. The monoisotopic (exact) mass is 241 g/mol. The summed E-state index contributed by atoms with van der Waals surface area (Å²) in [5.41, 5.74) is 1.55. The van der Waals surface area contributed by atoms with Crippen molar-refractivity contribution >= 4 is 22.6 Å². The summed E-state index contributed by atoms with van der Waals surface area (Å²) < 4.78 is 0. The molecule has 82 valence electrons. The number of aromatic nitrogens is 3. The van der Waals surface area contributed by atoms with Crippen molar-refractivity contribution < 1.29 is 0 Å². The molecule has 0 amide bonds. The molecular weight excluding hydrogens is 234 g/mol. The maximum Gasteiger partial charge on any atom is 0.164 e. The van der Waals surface area contributed by atoms with E-state index in [4.69, 9.17) is 11.6 Å². The highest BCUT2D eigenvalue weighted by atomic mass is 35.5. The molecule has 0 atom stereocenters. The number of fused-ring (bicyclic) bond motifs is 1. The van der Waals surface area contributed by atoms with Crippen LogP contribution < -0.4 is 0 Å². The third kappa shape index (κ3) is 1.85. The van der Waals surface area contributed by atoms with Gasteiger partial charge in [0.15, 0.2) is 11.5 Å². The lowest BCUT2D eigenvalue weighted by Crippen LogP contribution is -1.93. The molecule has 0 radical (unpaired) electrons. The van der Waals surface area contributed by atoms with Gasteiger partial charge in [-0.1, -0.05) is 41.9 Å². The van der Waals surface area contributed by atoms with Crippen LogP contribution in [0.5, 0.6) is 0 Å². The molecule has 3 nitrogen and oxygen atoms in total. The Kier molecular flexibility index (Phi) is 2.46. The molecule has 3 rings (SSSR count). The molecule has 0 bridgehead atoms. The summed E-state index contributed by atoms with van der Waals surface area (Å²) in [5.74, 6) is 0.599. The van der Waals surface area contributed by atoms with Crippen LogP contribution in [0.15, 0.2) is 48.7 Å². The summed E-state index contributed by atoms with van der Waals surface area (Å²) in [6, 6.07) is 13.4. The summed E-state index contributed by atoms with van der Waals surface area (Å²) >= 11 is 6.12. The van der Waals surface area contributed by atoms with Gasteiger partial charge >= 0.3 is 0 Å². The Bertz CT molecular complexity index is 668. The van der Waals surface area contributed by atoms with Gasteiger partial charge < -0.3 is 0 Å². The second-order valence-electron chi connectivity index (χ2n) is 3.58. The molecule has 0 aliphatic carbocycles. The Morgan fingerprint density at radius 3 is 2.53 bits per heavy atom. The van der Waals surface area contributed by atoms with Gasteiger partial charge in [-0.2, -0.15) is 0 Å². The maximum atomic E-state index is 6.12. The highest BCUT2D eigenvalue weighted by Gasteiger charge is 2.07. The van der Waals surface area contributed by atoms with Crippen molar-refractivity contribution in [2.24, 2.45) is 0 Å². The molecular formula is C13H8ClN3. The van der Waals surface area contributed by atoms with Gasteiger partial charge in [0.1, 0.15) is 5.15 Å². The summed E-state index contributed by atoms with van der Waals surface area (Å²) in [7, 11) is 0. The molecule has 1 aromatic carbocycles. The van der Waals surface area contributed by atoms with Crippen LogP contribution in [0.1, 0.15) is 0 Å². The van der Waals surface area contributed by atoms with Crippen LogP contribution in [0, 0.1) is 0 Å². The van der Waals surface area contributed by atoms with Gasteiger partial charge in [0.25, 0.3) is 0 Å². The Morgan fingerprint density at radius 2 is 1.71 bits per heavy atom. The van der Waals surface area contributed by atoms with Crippen LogP contribution in [0.2, 0.25) is 5.15 Å². The van der Waals surface area contributed by atoms with Crippen molar-refractivity contribution in [3.8, 4) is 11.4 Å². The van der Waals surface area contributed by atoms with Gasteiger partial charge in [-0.05, 0) is 12.1 Å². The predicted molar refractivity (Wildman–Crippen MR) is 67.8 cm³/mol. The third-order valence-corrected chi connectivity index (χ3v) is 2.74. The van der Waals surface area contributed by atoms with E-state index in [2.05, 4.69) is 15.0 Å². The van der Waals surface area contributed by atoms with Crippen molar-refractivity contribution in [3.05, 3.63) is 53.8 Å². The van der Waals surface area contributed by atoms with Gasteiger partial charge in [0, 0.05) is 11.8 Å². The molecule has 0 unspecified atom stereocenters. The van der Waals surface area contributed by atoms with Gasteiger partial charge in [-0.3, -0.25) is 0 Å². The lowest BCUT2D eigenvalue weighted by molar-refractivity contribution is 1.19. The molecule has 4 heteroatoms. The SMILES string of the molecule is Clc1nc(-c2ccccc2)nc2ncccc12. The number of pyridine rings is 1. The summed E-state index contributed by atoms with van der Waals surface area (Å²) in [6.45, 7) is 0. The summed E-state index contributed by atoms with van der Waals surface area (Å²) in [5, 5.41) is 1.20. The minimum absolute atomic E-state index is 0.432. The average molecular weight is 242 g/mol. The second-order valence-corrected chi connectivity index (χ2v) is 3.94. The van der Waals surface area contributed by atoms with Crippen LogP contribution in [0.25, 0.3) is 22.4 Å². The molecule has 0 spiro atoms. The normalized spacial score (nSPS) is 10.6. The van der Waals surface area contributed by atoms with Crippen LogP contribution in [-0.4, -0.2) is 15.0 Å². The molecule has 0 aliphatic rings. The van der Waals surface area contributed by atoms with E-state index in [-0.39, 0.29) is 0 Å². The first-order valence-electron chi connectivity index (χ1n) is 5.18. The van der Waals surface area contributed by atoms with E-state index < -0.39 is 0 Å².